The van der Waals surface area contributed by atoms with Gasteiger partial charge in [-0.2, -0.15) is 0 Å². The van der Waals surface area contributed by atoms with Crippen LogP contribution in [0.25, 0.3) is 0 Å². The quantitative estimate of drug-likeness (QED) is 0.810. The van der Waals surface area contributed by atoms with E-state index in [1.54, 1.807) is 42.1 Å². The van der Waals surface area contributed by atoms with Crippen LogP contribution in [0.3, 0.4) is 0 Å². The van der Waals surface area contributed by atoms with Gasteiger partial charge in [0.2, 0.25) is 10.0 Å². The van der Waals surface area contributed by atoms with E-state index >= 15 is 0 Å². The molecule has 1 amide bonds. The monoisotopic (exact) mass is 376 g/mol. The highest BCUT2D eigenvalue weighted by Gasteiger charge is 2.28. The van der Waals surface area contributed by atoms with Crippen molar-refractivity contribution in [3.8, 4) is 0 Å². The summed E-state index contributed by atoms with van der Waals surface area (Å²) in [5.41, 5.74) is 1.92. The van der Waals surface area contributed by atoms with Gasteiger partial charge >= 0.3 is 0 Å². The van der Waals surface area contributed by atoms with E-state index in [0.717, 1.165) is 10.6 Å². The largest absolute Gasteiger partial charge is 0.322 e. The third kappa shape index (κ3) is 3.99. The molecule has 1 N–H and O–H groups in total. The molecule has 0 radical (unpaired) electrons. The number of anilines is 2. The smallest absolute Gasteiger partial charge is 0.256 e. The molecule has 1 aliphatic rings. The van der Waals surface area contributed by atoms with Crippen molar-refractivity contribution >= 4 is 39.1 Å². The average molecular weight is 377 g/mol. The number of carbonyl (C=O) groups excluding carboxylic acids is 1. The van der Waals surface area contributed by atoms with Crippen LogP contribution in [-0.4, -0.2) is 32.4 Å². The van der Waals surface area contributed by atoms with Crippen LogP contribution in [0.1, 0.15) is 23.7 Å². The molecule has 0 spiro atoms. The Balaban J connectivity index is 1.75. The fourth-order valence-corrected chi connectivity index (χ4v) is 5.14. The average Bonchev–Trinajstić information content (AvgIpc) is 2.95. The second kappa shape index (κ2) is 7.49. The van der Waals surface area contributed by atoms with Crippen LogP contribution >= 0.6 is 11.8 Å². The highest BCUT2D eigenvalue weighted by molar-refractivity contribution is 7.99. The lowest BCUT2D eigenvalue weighted by atomic mass is 10.2. The van der Waals surface area contributed by atoms with Gasteiger partial charge in [-0.1, -0.05) is 19.1 Å². The van der Waals surface area contributed by atoms with Crippen LogP contribution in [0.5, 0.6) is 0 Å². The van der Waals surface area contributed by atoms with E-state index in [0.29, 0.717) is 29.9 Å². The van der Waals surface area contributed by atoms with Crippen molar-refractivity contribution in [3.05, 3.63) is 54.1 Å². The Kier molecular flexibility index (Phi) is 5.34. The van der Waals surface area contributed by atoms with Crippen molar-refractivity contribution in [2.24, 2.45) is 0 Å². The molecule has 1 saturated heterocycles. The molecule has 5 nitrogen and oxygen atoms in total. The van der Waals surface area contributed by atoms with Crippen molar-refractivity contribution in [2.45, 2.75) is 18.2 Å². The molecule has 132 valence electrons. The van der Waals surface area contributed by atoms with E-state index in [4.69, 9.17) is 0 Å². The molecule has 1 fully saturated rings. The van der Waals surface area contributed by atoms with Crippen LogP contribution in [0.15, 0.2) is 53.4 Å². The molecule has 0 bridgehead atoms. The van der Waals surface area contributed by atoms with Gasteiger partial charge in [0.05, 0.1) is 17.0 Å². The first-order valence-electron chi connectivity index (χ1n) is 8.15. The standard InChI is InChI=1S/C18H20N2O3S2/c1-2-24-17-7-4-3-6-16(17)18(21)19-14-8-10-15(11-9-14)20-12-5-13-25(20,22)23/h3-4,6-11H,2,5,12-13H2,1H3,(H,19,21). The second-order valence-corrected chi connectivity index (χ2v) is 8.99. The first-order chi connectivity index (χ1) is 12.0. The summed E-state index contributed by atoms with van der Waals surface area (Å²) in [5.74, 6) is 0.916. The molecule has 0 unspecified atom stereocenters. The maximum absolute atomic E-state index is 12.5. The number of thioether (sulfide) groups is 1. The van der Waals surface area contributed by atoms with E-state index < -0.39 is 10.0 Å². The second-order valence-electron chi connectivity index (χ2n) is 5.67. The van der Waals surface area contributed by atoms with E-state index in [1.807, 2.05) is 25.1 Å². The number of rotatable bonds is 5. The van der Waals surface area contributed by atoms with Crippen LogP contribution in [-0.2, 0) is 10.0 Å². The van der Waals surface area contributed by atoms with E-state index in [2.05, 4.69) is 5.32 Å². The van der Waals surface area contributed by atoms with Gasteiger partial charge in [0.25, 0.3) is 5.91 Å². The number of sulfonamides is 1. The maximum atomic E-state index is 12.5. The SMILES string of the molecule is CCSc1ccccc1C(=O)Nc1ccc(N2CCCS2(=O)=O)cc1. The van der Waals surface area contributed by atoms with Crippen molar-refractivity contribution in [2.75, 3.05) is 27.7 Å². The first kappa shape index (κ1) is 17.8. The Bertz CT molecular complexity index is 864. The summed E-state index contributed by atoms with van der Waals surface area (Å²) in [6.45, 7) is 2.56. The number of hydrogen-bond donors (Lipinski definition) is 1. The van der Waals surface area contributed by atoms with Gasteiger partial charge in [-0.3, -0.25) is 9.10 Å². The number of hydrogen-bond acceptors (Lipinski definition) is 4. The molecule has 25 heavy (non-hydrogen) atoms. The highest BCUT2D eigenvalue weighted by atomic mass is 32.2. The minimum absolute atomic E-state index is 0.168. The molecule has 0 aromatic heterocycles. The Morgan fingerprint density at radius 2 is 1.88 bits per heavy atom. The fraction of sp³-hybridized carbons (Fsp3) is 0.278. The van der Waals surface area contributed by atoms with Crippen molar-refractivity contribution in [3.63, 3.8) is 0 Å². The summed E-state index contributed by atoms with van der Waals surface area (Å²) >= 11 is 1.63. The third-order valence-corrected chi connectivity index (χ3v) is 6.77. The van der Waals surface area contributed by atoms with Crippen LogP contribution < -0.4 is 9.62 Å². The Hall–Kier alpha value is -1.99. The van der Waals surface area contributed by atoms with E-state index in [1.165, 1.54) is 4.31 Å². The van der Waals surface area contributed by atoms with Crippen LogP contribution in [0, 0.1) is 0 Å². The number of nitrogens with one attached hydrogen (secondary N) is 1. The zero-order valence-electron chi connectivity index (χ0n) is 13.9. The zero-order valence-corrected chi connectivity index (χ0v) is 15.6. The summed E-state index contributed by atoms with van der Waals surface area (Å²) in [6, 6.07) is 14.4. The topological polar surface area (TPSA) is 66.5 Å². The van der Waals surface area contributed by atoms with Crippen molar-refractivity contribution in [1.29, 1.82) is 0 Å². The first-order valence-corrected chi connectivity index (χ1v) is 10.7. The minimum atomic E-state index is -3.19. The highest BCUT2D eigenvalue weighted by Crippen LogP contribution is 2.26. The molecule has 1 heterocycles. The lowest BCUT2D eigenvalue weighted by molar-refractivity contribution is 0.102. The Labute approximate surface area is 152 Å². The molecular weight excluding hydrogens is 356 g/mol. The van der Waals surface area contributed by atoms with Crippen LogP contribution in [0.4, 0.5) is 11.4 Å². The number of nitrogens with zero attached hydrogens (tertiary/aromatic N) is 1. The van der Waals surface area contributed by atoms with Gasteiger partial charge < -0.3 is 5.32 Å². The predicted octanol–water partition coefficient (Wildman–Crippen LogP) is 3.59. The lowest BCUT2D eigenvalue weighted by Gasteiger charge is -2.17. The van der Waals surface area contributed by atoms with Crippen molar-refractivity contribution < 1.29 is 13.2 Å². The lowest BCUT2D eigenvalue weighted by Crippen LogP contribution is -2.25. The molecule has 0 aliphatic carbocycles. The number of amides is 1. The maximum Gasteiger partial charge on any atom is 0.256 e. The summed E-state index contributed by atoms with van der Waals surface area (Å²) in [7, 11) is -3.19. The van der Waals surface area contributed by atoms with E-state index in [9.17, 15) is 13.2 Å². The molecule has 2 aromatic rings. The summed E-state index contributed by atoms with van der Waals surface area (Å²) in [6.07, 6.45) is 0.646. The molecule has 7 heteroatoms. The summed E-state index contributed by atoms with van der Waals surface area (Å²) in [4.78, 5) is 13.5. The Morgan fingerprint density at radius 1 is 1.16 bits per heavy atom. The number of benzene rings is 2. The van der Waals surface area contributed by atoms with Gasteiger partial charge in [-0.25, -0.2) is 8.42 Å². The number of carbonyl (C=O) groups is 1. The molecule has 1 aliphatic heterocycles. The van der Waals surface area contributed by atoms with Crippen molar-refractivity contribution in [1.82, 2.24) is 0 Å². The van der Waals surface area contributed by atoms with E-state index in [-0.39, 0.29) is 11.7 Å². The van der Waals surface area contributed by atoms with Gasteiger partial charge in [0, 0.05) is 17.1 Å². The van der Waals surface area contributed by atoms with Gasteiger partial charge in [-0.15, -0.1) is 11.8 Å². The zero-order chi connectivity index (χ0) is 17.9. The summed E-state index contributed by atoms with van der Waals surface area (Å²) < 4.78 is 25.3. The third-order valence-electron chi connectivity index (χ3n) is 3.94. The molecular formula is C18H20N2O3S2. The normalized spacial score (nSPS) is 16.0. The van der Waals surface area contributed by atoms with Gasteiger partial charge in [0.15, 0.2) is 0 Å². The molecule has 3 rings (SSSR count). The molecule has 0 saturated carbocycles. The summed E-state index contributed by atoms with van der Waals surface area (Å²) in [5, 5.41) is 2.88. The molecule has 2 aromatic carbocycles. The minimum Gasteiger partial charge on any atom is -0.322 e. The van der Waals surface area contributed by atoms with Gasteiger partial charge in [-0.05, 0) is 48.6 Å². The Morgan fingerprint density at radius 3 is 2.52 bits per heavy atom. The predicted molar refractivity (Wildman–Crippen MR) is 103 cm³/mol. The fourth-order valence-electron chi connectivity index (χ4n) is 2.77. The van der Waals surface area contributed by atoms with Crippen LogP contribution in [0.2, 0.25) is 0 Å². The van der Waals surface area contributed by atoms with Gasteiger partial charge in [0.1, 0.15) is 0 Å². The molecule has 0 atom stereocenters.